The summed E-state index contributed by atoms with van der Waals surface area (Å²) < 4.78 is 19.2. The molecule has 0 aliphatic rings. The number of phosphoric acid groups is 1. The van der Waals surface area contributed by atoms with Crippen molar-refractivity contribution in [3.63, 3.8) is 0 Å². The summed E-state index contributed by atoms with van der Waals surface area (Å²) in [5.41, 5.74) is 4.85. The summed E-state index contributed by atoms with van der Waals surface area (Å²) in [6, 6.07) is 7.93. The highest BCUT2D eigenvalue weighted by Gasteiger charge is 2.14. The van der Waals surface area contributed by atoms with Gasteiger partial charge >= 0.3 is 7.82 Å². The van der Waals surface area contributed by atoms with Crippen LogP contribution in [0.3, 0.4) is 0 Å². The Morgan fingerprint density at radius 3 is 1.95 bits per heavy atom. The maximum Gasteiger partial charge on any atom is 0.524 e. The number of phosphoric ester groups is 1. The van der Waals surface area contributed by atoms with Crippen molar-refractivity contribution in [2.24, 2.45) is 5.73 Å². The summed E-state index contributed by atoms with van der Waals surface area (Å²) in [4.78, 5) is 16.7. The molecule has 0 aliphatic carbocycles. The van der Waals surface area contributed by atoms with Crippen LogP contribution in [0, 0.1) is 24.7 Å². The summed E-state index contributed by atoms with van der Waals surface area (Å²) in [5, 5.41) is 0. The minimum absolute atomic E-state index is 0.167. The van der Waals surface area contributed by atoms with E-state index in [4.69, 9.17) is 28.4 Å². The third-order valence-electron chi connectivity index (χ3n) is 1.34. The Bertz CT molecular complexity index is 458. The lowest BCUT2D eigenvalue weighted by Gasteiger charge is -2.04. The van der Waals surface area contributed by atoms with Crippen molar-refractivity contribution in [2.75, 3.05) is 19.8 Å². The van der Waals surface area contributed by atoms with Gasteiger partial charge in [0.15, 0.2) is 0 Å². The van der Waals surface area contributed by atoms with Crippen LogP contribution in [-0.4, -0.2) is 29.5 Å². The molecule has 1 rings (SSSR count). The lowest BCUT2D eigenvalue weighted by atomic mass is 10.3. The molecule has 1 aromatic rings. The normalized spacial score (nSPS) is 8.86. The molecule has 0 spiro atoms. The molecule has 7 heteroatoms. The van der Waals surface area contributed by atoms with Crippen molar-refractivity contribution < 1.29 is 23.6 Å². The third kappa shape index (κ3) is 20.7. The quantitative estimate of drug-likeness (QED) is 0.441. The number of benzene rings is 1. The number of hydrogen-bond acceptors (Lipinski definition) is 4. The molecule has 6 nitrogen and oxygen atoms in total. The van der Waals surface area contributed by atoms with E-state index in [9.17, 15) is 4.57 Å². The largest absolute Gasteiger partial charge is 0.524 e. The molecule has 0 unspecified atom stereocenters. The molecule has 21 heavy (non-hydrogen) atoms. The first-order valence-corrected chi connectivity index (χ1v) is 7.39. The molecular formula is C14H20NO5P. The Labute approximate surface area is 125 Å². The third-order valence-corrected chi connectivity index (χ3v) is 1.79. The van der Waals surface area contributed by atoms with Crippen molar-refractivity contribution in [2.45, 2.75) is 6.92 Å². The summed E-state index contributed by atoms with van der Waals surface area (Å²) in [7, 11) is -4.39. The van der Waals surface area contributed by atoms with Gasteiger partial charge in [-0.15, -0.1) is 12.8 Å². The van der Waals surface area contributed by atoms with Gasteiger partial charge in [0, 0.05) is 0 Å². The molecule has 4 N–H and O–H groups in total. The molecule has 0 aliphatic heterocycles. The van der Waals surface area contributed by atoms with Gasteiger partial charge in [-0.25, -0.2) is 4.57 Å². The lowest BCUT2D eigenvalue weighted by molar-refractivity contribution is 0.205. The summed E-state index contributed by atoms with van der Waals surface area (Å²) in [6.45, 7) is 3.27. The molecule has 0 atom stereocenters. The van der Waals surface area contributed by atoms with Crippen LogP contribution in [0.25, 0.3) is 0 Å². The van der Waals surface area contributed by atoms with Gasteiger partial charge in [0.2, 0.25) is 0 Å². The highest BCUT2D eigenvalue weighted by molar-refractivity contribution is 7.46. The van der Waals surface area contributed by atoms with Gasteiger partial charge in [-0.05, 0) is 18.7 Å². The second-order valence-corrected chi connectivity index (χ2v) is 4.37. The molecular weight excluding hydrogens is 293 g/mol. The van der Waals surface area contributed by atoms with Gasteiger partial charge in [0.25, 0.3) is 0 Å². The van der Waals surface area contributed by atoms with E-state index in [1.54, 1.807) is 18.2 Å². The molecule has 0 amide bonds. The first kappa shape index (κ1) is 21.5. The van der Waals surface area contributed by atoms with E-state index in [0.29, 0.717) is 13.2 Å². The Morgan fingerprint density at radius 1 is 1.19 bits per heavy atom. The standard InChI is InChI=1S/C6H7O4P.C6H6O.C2H7N/c7-11(8,9)10-6-4-2-1-3-5-6;1-3-5-7-6-4-2;1-2-3/h1-5H,(H2,7,8,9);1-2H,5-6H2;2-3H2,1H3. The summed E-state index contributed by atoms with van der Waals surface area (Å²) >= 11 is 0. The molecule has 0 saturated carbocycles. The fourth-order valence-electron chi connectivity index (χ4n) is 0.788. The summed E-state index contributed by atoms with van der Waals surface area (Å²) in [6.07, 6.45) is 9.65. The Morgan fingerprint density at radius 2 is 1.62 bits per heavy atom. The number of para-hydroxylation sites is 1. The Kier molecular flexibility index (Phi) is 15.0. The van der Waals surface area contributed by atoms with E-state index in [1.165, 1.54) is 12.1 Å². The van der Waals surface area contributed by atoms with E-state index in [1.807, 2.05) is 6.92 Å². The number of rotatable bonds is 4. The first-order chi connectivity index (χ1) is 9.91. The van der Waals surface area contributed by atoms with Crippen LogP contribution in [-0.2, 0) is 9.30 Å². The van der Waals surface area contributed by atoms with Gasteiger partial charge in [0.05, 0.1) is 0 Å². The van der Waals surface area contributed by atoms with Gasteiger partial charge in [-0.1, -0.05) is 37.0 Å². The molecule has 1 aromatic carbocycles. The highest BCUT2D eigenvalue weighted by Crippen LogP contribution is 2.36. The smallest absolute Gasteiger partial charge is 0.404 e. The van der Waals surface area contributed by atoms with Crippen molar-refractivity contribution >= 4 is 7.82 Å². The molecule has 0 fully saturated rings. The number of terminal acetylenes is 2. The first-order valence-electron chi connectivity index (χ1n) is 5.86. The van der Waals surface area contributed by atoms with Crippen LogP contribution < -0.4 is 10.3 Å². The molecule has 0 aromatic heterocycles. The van der Waals surface area contributed by atoms with Crippen LogP contribution >= 0.6 is 7.82 Å². The van der Waals surface area contributed by atoms with Crippen molar-refractivity contribution in [1.82, 2.24) is 0 Å². The van der Waals surface area contributed by atoms with Crippen molar-refractivity contribution in [3.05, 3.63) is 30.3 Å². The second-order valence-electron chi connectivity index (χ2n) is 3.20. The fourth-order valence-corrected chi connectivity index (χ4v) is 1.18. The van der Waals surface area contributed by atoms with E-state index in [0.717, 1.165) is 6.54 Å². The molecule has 0 bridgehead atoms. The van der Waals surface area contributed by atoms with Crippen LogP contribution in [0.4, 0.5) is 0 Å². The van der Waals surface area contributed by atoms with E-state index in [-0.39, 0.29) is 5.75 Å². The summed E-state index contributed by atoms with van der Waals surface area (Å²) in [5.74, 6) is 4.74. The SMILES string of the molecule is C#CCOCC#C.CCN.O=P(O)(O)Oc1ccccc1. The average molecular weight is 313 g/mol. The lowest BCUT2D eigenvalue weighted by Crippen LogP contribution is -1.89. The highest BCUT2D eigenvalue weighted by atomic mass is 31.2. The minimum Gasteiger partial charge on any atom is -0.404 e. The monoisotopic (exact) mass is 313 g/mol. The minimum atomic E-state index is -4.39. The zero-order valence-electron chi connectivity index (χ0n) is 11.8. The maximum absolute atomic E-state index is 10.3. The van der Waals surface area contributed by atoms with Gasteiger partial charge in [-0.3, -0.25) is 9.79 Å². The zero-order valence-corrected chi connectivity index (χ0v) is 12.7. The van der Waals surface area contributed by atoms with Crippen LogP contribution in [0.5, 0.6) is 5.75 Å². The molecule has 116 valence electrons. The van der Waals surface area contributed by atoms with Gasteiger partial charge in [0.1, 0.15) is 19.0 Å². The molecule has 0 radical (unpaired) electrons. The van der Waals surface area contributed by atoms with E-state index in [2.05, 4.69) is 21.1 Å². The number of nitrogens with two attached hydrogens (primary N) is 1. The van der Waals surface area contributed by atoms with Gasteiger partial charge in [-0.2, -0.15) is 0 Å². The fraction of sp³-hybridized carbons (Fsp3) is 0.286. The Hall–Kier alpha value is -1.79. The van der Waals surface area contributed by atoms with E-state index >= 15 is 0 Å². The van der Waals surface area contributed by atoms with Crippen molar-refractivity contribution in [1.29, 1.82) is 0 Å². The molecule has 0 saturated heterocycles. The van der Waals surface area contributed by atoms with Crippen LogP contribution in [0.1, 0.15) is 6.92 Å². The van der Waals surface area contributed by atoms with Crippen LogP contribution in [0.15, 0.2) is 30.3 Å². The maximum atomic E-state index is 10.3. The predicted octanol–water partition coefficient (Wildman–Crippen LogP) is 1.39. The Balaban J connectivity index is 0. The topological polar surface area (TPSA) is 102 Å². The van der Waals surface area contributed by atoms with Crippen molar-refractivity contribution in [3.8, 4) is 30.4 Å². The second kappa shape index (κ2) is 14.6. The zero-order chi connectivity index (χ0) is 16.6. The van der Waals surface area contributed by atoms with Gasteiger partial charge < -0.3 is 15.0 Å². The predicted molar refractivity (Wildman–Crippen MR) is 82.3 cm³/mol. The average Bonchev–Trinajstić information content (AvgIpc) is 2.40. The van der Waals surface area contributed by atoms with Crippen LogP contribution in [0.2, 0.25) is 0 Å². The molecule has 0 heterocycles. The van der Waals surface area contributed by atoms with E-state index < -0.39 is 7.82 Å². The number of ether oxygens (including phenoxy) is 1. The number of hydrogen-bond donors (Lipinski definition) is 3.